The van der Waals surface area contributed by atoms with E-state index in [-0.39, 0.29) is 5.57 Å². The standard InChI is InChI=1S/C20H17BrN2O4/c1-11-4-6-14(8-12(11)2)23-19(25)15(18(24)22-20(23)26)9-13-5-7-17(27-3)16(21)10-13/h4-10H,1-3H3,(H,22,24,26)/b15-9+. The average Bonchev–Trinajstić information content (AvgIpc) is 2.61. The number of barbiturate groups is 1. The Labute approximate surface area is 164 Å². The molecule has 0 atom stereocenters. The highest BCUT2D eigenvalue weighted by Gasteiger charge is 2.36. The Morgan fingerprint density at radius 2 is 1.78 bits per heavy atom. The van der Waals surface area contributed by atoms with Crippen molar-refractivity contribution in [3.05, 3.63) is 63.1 Å². The molecule has 2 aromatic rings. The van der Waals surface area contributed by atoms with Gasteiger partial charge in [0.2, 0.25) is 0 Å². The predicted octanol–water partition coefficient (Wildman–Crippen LogP) is 3.74. The van der Waals surface area contributed by atoms with Gasteiger partial charge in [-0.1, -0.05) is 12.1 Å². The van der Waals surface area contributed by atoms with E-state index in [2.05, 4.69) is 21.2 Å². The minimum atomic E-state index is -0.763. The molecule has 0 unspecified atom stereocenters. The summed E-state index contributed by atoms with van der Waals surface area (Å²) in [4.78, 5) is 38.4. The van der Waals surface area contributed by atoms with Crippen LogP contribution in [0, 0.1) is 13.8 Å². The topological polar surface area (TPSA) is 75.7 Å². The second-order valence-electron chi connectivity index (χ2n) is 6.12. The number of methoxy groups -OCH3 is 1. The molecule has 1 N–H and O–H groups in total. The van der Waals surface area contributed by atoms with Crippen LogP contribution < -0.4 is 15.0 Å². The van der Waals surface area contributed by atoms with Crippen LogP contribution in [-0.4, -0.2) is 25.0 Å². The van der Waals surface area contributed by atoms with E-state index in [1.165, 1.54) is 6.08 Å². The molecule has 6 nitrogen and oxygen atoms in total. The molecular formula is C20H17BrN2O4. The van der Waals surface area contributed by atoms with Gasteiger partial charge >= 0.3 is 6.03 Å². The molecule has 0 aliphatic carbocycles. The van der Waals surface area contributed by atoms with E-state index < -0.39 is 17.8 Å². The number of rotatable bonds is 3. The van der Waals surface area contributed by atoms with Gasteiger partial charge in [0.05, 0.1) is 17.3 Å². The summed E-state index contributed by atoms with van der Waals surface area (Å²) in [6.07, 6.45) is 1.45. The van der Waals surface area contributed by atoms with Crippen LogP contribution in [0.15, 0.2) is 46.4 Å². The molecule has 1 aliphatic heterocycles. The average molecular weight is 429 g/mol. The number of amides is 4. The molecule has 7 heteroatoms. The Balaban J connectivity index is 2.01. The second-order valence-corrected chi connectivity index (χ2v) is 6.97. The quantitative estimate of drug-likeness (QED) is 0.596. The molecule has 3 rings (SSSR count). The van der Waals surface area contributed by atoms with Gasteiger partial charge in [-0.05, 0) is 76.8 Å². The maximum Gasteiger partial charge on any atom is 0.335 e. The molecule has 1 saturated heterocycles. The molecule has 0 spiro atoms. The van der Waals surface area contributed by atoms with Gasteiger partial charge in [0.1, 0.15) is 11.3 Å². The summed E-state index contributed by atoms with van der Waals surface area (Å²) in [5.41, 5.74) is 2.89. The Hall–Kier alpha value is -2.93. The summed E-state index contributed by atoms with van der Waals surface area (Å²) < 4.78 is 5.86. The third kappa shape index (κ3) is 3.64. The van der Waals surface area contributed by atoms with Gasteiger partial charge in [0, 0.05) is 0 Å². The van der Waals surface area contributed by atoms with Crippen LogP contribution in [-0.2, 0) is 9.59 Å². The molecular weight excluding hydrogens is 412 g/mol. The number of benzene rings is 2. The SMILES string of the molecule is COc1ccc(/C=C2\C(=O)NC(=O)N(c3ccc(C)c(C)c3)C2=O)cc1Br. The number of carbonyl (C=O) groups excluding carboxylic acids is 3. The van der Waals surface area contributed by atoms with E-state index in [0.29, 0.717) is 21.5 Å². The Morgan fingerprint density at radius 3 is 2.41 bits per heavy atom. The van der Waals surface area contributed by atoms with Crippen LogP contribution in [0.3, 0.4) is 0 Å². The fourth-order valence-corrected chi connectivity index (χ4v) is 3.25. The zero-order valence-corrected chi connectivity index (χ0v) is 16.6. The van der Waals surface area contributed by atoms with Crippen LogP contribution in [0.1, 0.15) is 16.7 Å². The van der Waals surface area contributed by atoms with Gasteiger partial charge in [-0.15, -0.1) is 0 Å². The first-order valence-electron chi connectivity index (χ1n) is 8.14. The van der Waals surface area contributed by atoms with Crippen molar-refractivity contribution in [3.8, 4) is 5.75 Å². The number of halogens is 1. The fourth-order valence-electron chi connectivity index (χ4n) is 2.70. The summed E-state index contributed by atoms with van der Waals surface area (Å²) in [7, 11) is 1.55. The number of imide groups is 2. The first kappa shape index (κ1) is 18.8. The molecule has 0 bridgehead atoms. The minimum absolute atomic E-state index is 0.120. The number of ether oxygens (including phenoxy) is 1. The number of nitrogens with one attached hydrogen (secondary N) is 1. The zero-order valence-electron chi connectivity index (χ0n) is 15.0. The molecule has 138 valence electrons. The summed E-state index contributed by atoms with van der Waals surface area (Å²) in [6, 6.07) is 9.64. The molecule has 0 saturated carbocycles. The van der Waals surface area contributed by atoms with E-state index in [4.69, 9.17) is 4.74 Å². The number of hydrogen-bond acceptors (Lipinski definition) is 4. The van der Waals surface area contributed by atoms with Crippen molar-refractivity contribution in [1.82, 2.24) is 5.32 Å². The van der Waals surface area contributed by atoms with E-state index in [1.807, 2.05) is 19.9 Å². The van der Waals surface area contributed by atoms with E-state index in [9.17, 15) is 14.4 Å². The van der Waals surface area contributed by atoms with Crippen LogP contribution in [0.25, 0.3) is 6.08 Å². The molecule has 1 aliphatic rings. The lowest BCUT2D eigenvalue weighted by molar-refractivity contribution is -0.122. The highest BCUT2D eigenvalue weighted by molar-refractivity contribution is 9.10. The minimum Gasteiger partial charge on any atom is -0.496 e. The number of aryl methyl sites for hydroxylation is 2. The summed E-state index contributed by atoms with van der Waals surface area (Å²) in [5.74, 6) is -0.764. The van der Waals surface area contributed by atoms with Gasteiger partial charge in [-0.2, -0.15) is 0 Å². The van der Waals surface area contributed by atoms with Crippen molar-refractivity contribution < 1.29 is 19.1 Å². The molecule has 1 heterocycles. The second kappa shape index (κ2) is 7.36. The highest BCUT2D eigenvalue weighted by atomic mass is 79.9. The number of carbonyl (C=O) groups is 3. The number of hydrogen-bond donors (Lipinski definition) is 1. The summed E-state index contributed by atoms with van der Waals surface area (Å²) in [5, 5.41) is 2.22. The van der Waals surface area contributed by atoms with Crippen molar-refractivity contribution in [2.75, 3.05) is 12.0 Å². The normalized spacial score (nSPS) is 15.9. The van der Waals surface area contributed by atoms with E-state index >= 15 is 0 Å². The van der Waals surface area contributed by atoms with Gasteiger partial charge in [-0.25, -0.2) is 9.69 Å². The maximum atomic E-state index is 12.9. The van der Waals surface area contributed by atoms with Gasteiger partial charge in [-0.3, -0.25) is 14.9 Å². The number of anilines is 1. The molecule has 27 heavy (non-hydrogen) atoms. The monoisotopic (exact) mass is 428 g/mol. The van der Waals surface area contributed by atoms with Crippen molar-refractivity contribution in [2.45, 2.75) is 13.8 Å². The third-order valence-corrected chi connectivity index (χ3v) is 4.96. The Kier molecular flexibility index (Phi) is 5.14. The van der Waals surface area contributed by atoms with Crippen LogP contribution >= 0.6 is 15.9 Å². The molecule has 1 fully saturated rings. The van der Waals surface area contributed by atoms with Crippen molar-refractivity contribution >= 4 is 45.5 Å². The van der Waals surface area contributed by atoms with Gasteiger partial charge in [0.15, 0.2) is 0 Å². The lowest BCUT2D eigenvalue weighted by atomic mass is 10.1. The zero-order chi connectivity index (χ0) is 19.7. The van der Waals surface area contributed by atoms with Crippen molar-refractivity contribution in [2.24, 2.45) is 0 Å². The summed E-state index contributed by atoms with van der Waals surface area (Å²) in [6.45, 7) is 3.83. The number of urea groups is 1. The molecule has 4 amide bonds. The lowest BCUT2D eigenvalue weighted by Crippen LogP contribution is -2.54. The van der Waals surface area contributed by atoms with E-state index in [0.717, 1.165) is 16.0 Å². The van der Waals surface area contributed by atoms with Crippen molar-refractivity contribution in [3.63, 3.8) is 0 Å². The van der Waals surface area contributed by atoms with E-state index in [1.54, 1.807) is 37.4 Å². The van der Waals surface area contributed by atoms with Crippen LogP contribution in [0.4, 0.5) is 10.5 Å². The fraction of sp³-hybridized carbons (Fsp3) is 0.150. The first-order valence-corrected chi connectivity index (χ1v) is 8.93. The van der Waals surface area contributed by atoms with Gasteiger partial charge < -0.3 is 4.74 Å². The van der Waals surface area contributed by atoms with Crippen LogP contribution in [0.5, 0.6) is 5.75 Å². The smallest absolute Gasteiger partial charge is 0.335 e. The maximum absolute atomic E-state index is 12.9. The molecule has 0 aromatic heterocycles. The number of nitrogens with zero attached hydrogens (tertiary/aromatic N) is 1. The Bertz CT molecular complexity index is 997. The largest absolute Gasteiger partial charge is 0.496 e. The lowest BCUT2D eigenvalue weighted by Gasteiger charge is -2.26. The highest BCUT2D eigenvalue weighted by Crippen LogP contribution is 2.28. The summed E-state index contributed by atoms with van der Waals surface area (Å²) >= 11 is 3.37. The third-order valence-electron chi connectivity index (χ3n) is 4.34. The van der Waals surface area contributed by atoms with Crippen LogP contribution in [0.2, 0.25) is 0 Å². The molecule has 0 radical (unpaired) electrons. The Morgan fingerprint density at radius 1 is 1.04 bits per heavy atom. The first-order chi connectivity index (χ1) is 12.8. The van der Waals surface area contributed by atoms with Gasteiger partial charge in [0.25, 0.3) is 11.8 Å². The molecule has 2 aromatic carbocycles. The predicted molar refractivity (Wildman–Crippen MR) is 106 cm³/mol. The van der Waals surface area contributed by atoms with Crippen molar-refractivity contribution in [1.29, 1.82) is 0 Å².